The first kappa shape index (κ1) is 15.1. The number of hydrogen-bond donors (Lipinski definition) is 0. The second-order valence-corrected chi connectivity index (χ2v) is 7.47. The standard InChI is InChI=1S/C19H28N4/c1-14(2)22-13-6-5-11-17(22)19-21-16-10-7-12-20-18(16)23(19)15-8-3-4-9-15/h7,10,12,14-15,17H,3-6,8-9,11,13H2,1-2H3. The predicted octanol–water partition coefficient (Wildman–Crippen LogP) is 4.48. The molecule has 0 spiro atoms. The number of nitrogens with zero attached hydrogens (tertiary/aromatic N) is 4. The molecule has 0 N–H and O–H groups in total. The van der Waals surface area contributed by atoms with Crippen molar-refractivity contribution in [1.82, 2.24) is 19.4 Å². The van der Waals surface area contributed by atoms with Crippen LogP contribution in [0.3, 0.4) is 0 Å². The highest BCUT2D eigenvalue weighted by Crippen LogP contribution is 2.39. The number of piperidine rings is 1. The van der Waals surface area contributed by atoms with Crippen LogP contribution in [0.1, 0.15) is 76.7 Å². The van der Waals surface area contributed by atoms with E-state index in [1.165, 1.54) is 57.3 Å². The van der Waals surface area contributed by atoms with Crippen molar-refractivity contribution in [3.63, 3.8) is 0 Å². The van der Waals surface area contributed by atoms with E-state index in [-0.39, 0.29) is 0 Å². The van der Waals surface area contributed by atoms with Gasteiger partial charge in [-0.3, -0.25) is 4.90 Å². The first-order chi connectivity index (χ1) is 11.3. The molecule has 2 aromatic rings. The van der Waals surface area contributed by atoms with Crippen molar-refractivity contribution < 1.29 is 0 Å². The van der Waals surface area contributed by atoms with Crippen LogP contribution in [0.25, 0.3) is 11.2 Å². The third-order valence-electron chi connectivity index (χ3n) is 5.67. The Hall–Kier alpha value is -1.42. The summed E-state index contributed by atoms with van der Waals surface area (Å²) in [5, 5.41) is 0. The van der Waals surface area contributed by atoms with Crippen LogP contribution in [-0.4, -0.2) is 32.0 Å². The highest BCUT2D eigenvalue weighted by Gasteiger charge is 2.33. The fourth-order valence-corrected chi connectivity index (χ4v) is 4.55. The third kappa shape index (κ3) is 2.67. The molecule has 1 unspecified atom stereocenters. The quantitative estimate of drug-likeness (QED) is 0.838. The molecule has 1 atom stereocenters. The SMILES string of the molecule is CC(C)N1CCCCC1c1nc2cccnc2n1C1CCCC1. The van der Waals surface area contributed by atoms with Gasteiger partial charge in [0.15, 0.2) is 5.65 Å². The van der Waals surface area contributed by atoms with Gasteiger partial charge < -0.3 is 4.57 Å². The molecule has 4 rings (SSSR count). The number of fused-ring (bicyclic) bond motifs is 1. The van der Waals surface area contributed by atoms with Gasteiger partial charge in [0.25, 0.3) is 0 Å². The summed E-state index contributed by atoms with van der Waals surface area (Å²) in [7, 11) is 0. The van der Waals surface area contributed by atoms with Gasteiger partial charge in [-0.2, -0.15) is 0 Å². The van der Waals surface area contributed by atoms with E-state index >= 15 is 0 Å². The lowest BCUT2D eigenvalue weighted by molar-refractivity contribution is 0.102. The second kappa shape index (κ2) is 6.23. The van der Waals surface area contributed by atoms with E-state index in [2.05, 4.69) is 29.4 Å². The number of imidazole rings is 1. The average Bonchev–Trinajstić information content (AvgIpc) is 3.21. The summed E-state index contributed by atoms with van der Waals surface area (Å²) in [6.45, 7) is 5.84. The van der Waals surface area contributed by atoms with Crippen LogP contribution in [0, 0.1) is 0 Å². The molecule has 0 bridgehead atoms. The van der Waals surface area contributed by atoms with E-state index in [0.717, 1.165) is 11.2 Å². The molecule has 1 aliphatic carbocycles. The summed E-state index contributed by atoms with van der Waals surface area (Å²) in [6.07, 6.45) is 11.0. The van der Waals surface area contributed by atoms with Crippen molar-refractivity contribution in [1.29, 1.82) is 0 Å². The largest absolute Gasteiger partial charge is 0.308 e. The fourth-order valence-electron chi connectivity index (χ4n) is 4.55. The minimum Gasteiger partial charge on any atom is -0.308 e. The predicted molar refractivity (Wildman–Crippen MR) is 93.5 cm³/mol. The smallest absolute Gasteiger partial charge is 0.160 e. The molecule has 124 valence electrons. The van der Waals surface area contributed by atoms with E-state index < -0.39 is 0 Å². The maximum Gasteiger partial charge on any atom is 0.160 e. The lowest BCUT2D eigenvalue weighted by atomic mass is 9.99. The Labute approximate surface area is 138 Å². The van der Waals surface area contributed by atoms with Crippen molar-refractivity contribution in [3.8, 4) is 0 Å². The lowest BCUT2D eigenvalue weighted by Crippen LogP contribution is -2.39. The molecule has 1 saturated heterocycles. The van der Waals surface area contributed by atoms with Gasteiger partial charge in [0, 0.05) is 18.3 Å². The summed E-state index contributed by atoms with van der Waals surface area (Å²) in [6, 6.07) is 5.77. The number of aromatic nitrogens is 3. The number of pyridine rings is 1. The van der Waals surface area contributed by atoms with Crippen LogP contribution in [0.2, 0.25) is 0 Å². The maximum atomic E-state index is 5.07. The minimum atomic E-state index is 0.457. The molecule has 0 aromatic carbocycles. The molecule has 0 radical (unpaired) electrons. The summed E-state index contributed by atoms with van der Waals surface area (Å²) in [5.74, 6) is 1.28. The first-order valence-electron chi connectivity index (χ1n) is 9.34. The van der Waals surface area contributed by atoms with Crippen molar-refractivity contribution >= 4 is 11.2 Å². The monoisotopic (exact) mass is 312 g/mol. The Morgan fingerprint density at radius 3 is 2.65 bits per heavy atom. The third-order valence-corrected chi connectivity index (χ3v) is 5.67. The van der Waals surface area contributed by atoms with Gasteiger partial charge in [-0.25, -0.2) is 9.97 Å². The Morgan fingerprint density at radius 2 is 1.87 bits per heavy atom. The Bertz CT molecular complexity index is 669. The van der Waals surface area contributed by atoms with Crippen molar-refractivity contribution in [3.05, 3.63) is 24.2 Å². The van der Waals surface area contributed by atoms with Gasteiger partial charge >= 0.3 is 0 Å². The van der Waals surface area contributed by atoms with Crippen LogP contribution in [0.4, 0.5) is 0 Å². The molecule has 2 aromatic heterocycles. The van der Waals surface area contributed by atoms with E-state index in [9.17, 15) is 0 Å². The van der Waals surface area contributed by atoms with Gasteiger partial charge in [0.05, 0.1) is 6.04 Å². The van der Waals surface area contributed by atoms with Crippen molar-refractivity contribution in [2.24, 2.45) is 0 Å². The molecule has 2 fully saturated rings. The van der Waals surface area contributed by atoms with Crippen LogP contribution < -0.4 is 0 Å². The zero-order chi connectivity index (χ0) is 15.8. The van der Waals surface area contributed by atoms with Gasteiger partial charge in [-0.15, -0.1) is 0 Å². The minimum absolute atomic E-state index is 0.457. The normalized spacial score (nSPS) is 24.0. The zero-order valence-corrected chi connectivity index (χ0v) is 14.4. The van der Waals surface area contributed by atoms with Gasteiger partial charge in [0.1, 0.15) is 11.3 Å². The Balaban J connectivity index is 1.83. The van der Waals surface area contributed by atoms with E-state index in [1.54, 1.807) is 0 Å². The topological polar surface area (TPSA) is 34.0 Å². The van der Waals surface area contributed by atoms with Crippen molar-refractivity contribution in [2.45, 2.75) is 76.9 Å². The molecule has 1 saturated carbocycles. The molecular formula is C19H28N4. The molecule has 4 heteroatoms. The molecule has 0 amide bonds. The molecule has 1 aliphatic heterocycles. The summed E-state index contributed by atoms with van der Waals surface area (Å²) in [4.78, 5) is 12.4. The van der Waals surface area contributed by atoms with Crippen molar-refractivity contribution in [2.75, 3.05) is 6.54 Å². The summed E-state index contributed by atoms with van der Waals surface area (Å²) < 4.78 is 2.51. The van der Waals surface area contributed by atoms with E-state index in [0.29, 0.717) is 18.1 Å². The van der Waals surface area contributed by atoms with Gasteiger partial charge in [0.2, 0.25) is 0 Å². The average molecular weight is 312 g/mol. The van der Waals surface area contributed by atoms with Crippen LogP contribution in [0.15, 0.2) is 18.3 Å². The lowest BCUT2D eigenvalue weighted by Gasteiger charge is -2.38. The highest BCUT2D eigenvalue weighted by molar-refractivity contribution is 5.71. The van der Waals surface area contributed by atoms with Gasteiger partial charge in [-0.05, 0) is 58.2 Å². The maximum absolute atomic E-state index is 5.07. The second-order valence-electron chi connectivity index (χ2n) is 7.47. The molecule has 4 nitrogen and oxygen atoms in total. The summed E-state index contributed by atoms with van der Waals surface area (Å²) in [5.41, 5.74) is 2.17. The fraction of sp³-hybridized carbons (Fsp3) is 0.684. The molecule has 3 heterocycles. The Morgan fingerprint density at radius 1 is 1.09 bits per heavy atom. The number of rotatable bonds is 3. The molecule has 23 heavy (non-hydrogen) atoms. The zero-order valence-electron chi connectivity index (χ0n) is 14.4. The number of hydrogen-bond acceptors (Lipinski definition) is 3. The van der Waals surface area contributed by atoms with Gasteiger partial charge in [-0.1, -0.05) is 19.3 Å². The summed E-state index contributed by atoms with van der Waals surface area (Å²) >= 11 is 0. The molecular weight excluding hydrogens is 284 g/mol. The van der Waals surface area contributed by atoms with Crippen LogP contribution in [0.5, 0.6) is 0 Å². The Kier molecular flexibility index (Phi) is 4.10. The first-order valence-corrected chi connectivity index (χ1v) is 9.34. The van der Waals surface area contributed by atoms with E-state index in [1.807, 2.05) is 12.3 Å². The highest BCUT2D eigenvalue weighted by atomic mass is 15.3. The van der Waals surface area contributed by atoms with Crippen LogP contribution >= 0.6 is 0 Å². The molecule has 2 aliphatic rings. The van der Waals surface area contributed by atoms with E-state index in [4.69, 9.17) is 9.97 Å². The van der Waals surface area contributed by atoms with Crippen LogP contribution in [-0.2, 0) is 0 Å². The number of likely N-dealkylation sites (tertiary alicyclic amines) is 1.